The Bertz CT molecular complexity index is 798. The third kappa shape index (κ3) is 4.12. The monoisotopic (exact) mass is 398 g/mol. The van der Waals surface area contributed by atoms with Crippen molar-refractivity contribution < 1.29 is 13.9 Å². The minimum Gasteiger partial charge on any atom is -0.423 e. The standard InChI is InChI=1S/C22H30N4O3/c27-21(25-13-11-24(12-14-25)16-18-4-3-15-28-18)17-7-9-26(10-8-17)22-23-19-5-1-2-6-20(19)29-22/h1-2,5-6,17-18H,3-4,7-16H2. The van der Waals surface area contributed by atoms with Crippen molar-refractivity contribution in [2.75, 3.05) is 57.3 Å². The molecule has 1 unspecified atom stereocenters. The largest absolute Gasteiger partial charge is 0.423 e. The number of oxazole rings is 1. The van der Waals surface area contributed by atoms with Crippen LogP contribution in [0.3, 0.4) is 0 Å². The zero-order valence-corrected chi connectivity index (χ0v) is 17.0. The molecule has 0 N–H and O–H groups in total. The highest BCUT2D eigenvalue weighted by Gasteiger charge is 2.32. The first-order valence-electron chi connectivity index (χ1n) is 11.0. The topological polar surface area (TPSA) is 62.1 Å². The Morgan fingerprint density at radius 3 is 2.55 bits per heavy atom. The molecule has 0 radical (unpaired) electrons. The van der Waals surface area contributed by atoms with E-state index < -0.39 is 0 Å². The number of anilines is 1. The molecule has 29 heavy (non-hydrogen) atoms. The van der Waals surface area contributed by atoms with E-state index in [4.69, 9.17) is 9.15 Å². The second kappa shape index (κ2) is 8.32. The van der Waals surface area contributed by atoms with Crippen LogP contribution < -0.4 is 4.90 Å². The number of ether oxygens (including phenoxy) is 1. The van der Waals surface area contributed by atoms with Crippen molar-refractivity contribution in [1.29, 1.82) is 0 Å². The van der Waals surface area contributed by atoms with Gasteiger partial charge in [0.1, 0.15) is 5.52 Å². The van der Waals surface area contributed by atoms with E-state index in [1.165, 1.54) is 12.8 Å². The van der Waals surface area contributed by atoms with Crippen molar-refractivity contribution in [3.63, 3.8) is 0 Å². The summed E-state index contributed by atoms with van der Waals surface area (Å²) in [5.74, 6) is 0.458. The second-order valence-corrected chi connectivity index (χ2v) is 8.49. The predicted molar refractivity (Wildman–Crippen MR) is 111 cm³/mol. The van der Waals surface area contributed by atoms with Crippen LogP contribution in [-0.2, 0) is 9.53 Å². The third-order valence-corrected chi connectivity index (χ3v) is 6.57. The molecule has 0 bridgehead atoms. The lowest BCUT2D eigenvalue weighted by atomic mass is 9.95. The summed E-state index contributed by atoms with van der Waals surface area (Å²) in [6, 6.07) is 8.53. The fourth-order valence-corrected chi connectivity index (χ4v) is 4.80. The predicted octanol–water partition coefficient (Wildman–Crippen LogP) is 2.37. The van der Waals surface area contributed by atoms with Gasteiger partial charge in [0.2, 0.25) is 5.91 Å². The summed E-state index contributed by atoms with van der Waals surface area (Å²) in [7, 11) is 0. The van der Waals surface area contributed by atoms with Gasteiger partial charge >= 0.3 is 0 Å². The molecule has 156 valence electrons. The van der Waals surface area contributed by atoms with Gasteiger partial charge in [-0.3, -0.25) is 9.69 Å². The highest BCUT2D eigenvalue weighted by molar-refractivity contribution is 5.79. The van der Waals surface area contributed by atoms with Gasteiger partial charge in [-0.05, 0) is 37.8 Å². The van der Waals surface area contributed by atoms with Gasteiger partial charge < -0.3 is 19.0 Å². The first-order valence-corrected chi connectivity index (χ1v) is 11.0. The number of hydrogen-bond acceptors (Lipinski definition) is 6. The number of piperazine rings is 1. The molecule has 0 spiro atoms. The first-order chi connectivity index (χ1) is 14.3. The summed E-state index contributed by atoms with van der Waals surface area (Å²) >= 11 is 0. The van der Waals surface area contributed by atoms with E-state index in [0.29, 0.717) is 18.0 Å². The van der Waals surface area contributed by atoms with E-state index in [1.807, 2.05) is 24.3 Å². The number of amides is 1. The summed E-state index contributed by atoms with van der Waals surface area (Å²) in [6.45, 7) is 7.19. The van der Waals surface area contributed by atoms with Gasteiger partial charge in [-0.25, -0.2) is 0 Å². The number of piperidine rings is 1. The molecule has 3 fully saturated rings. The molecule has 4 heterocycles. The van der Waals surface area contributed by atoms with E-state index in [9.17, 15) is 4.79 Å². The Morgan fingerprint density at radius 2 is 1.83 bits per heavy atom. The van der Waals surface area contributed by atoms with Crippen molar-refractivity contribution in [3.8, 4) is 0 Å². The molecule has 3 aliphatic heterocycles. The molecule has 7 heteroatoms. The highest BCUT2D eigenvalue weighted by Crippen LogP contribution is 2.27. The molecule has 7 nitrogen and oxygen atoms in total. The Kier molecular flexibility index (Phi) is 5.42. The molecule has 1 aromatic carbocycles. The SMILES string of the molecule is O=C(C1CCN(c2nc3ccccc3o2)CC1)N1CCN(CC2CCCO2)CC1. The average molecular weight is 399 g/mol. The number of hydrogen-bond donors (Lipinski definition) is 0. The molecule has 0 aliphatic carbocycles. The Balaban J connectivity index is 1.11. The molecular formula is C22H30N4O3. The van der Waals surface area contributed by atoms with Crippen LogP contribution in [0.15, 0.2) is 28.7 Å². The average Bonchev–Trinajstić information content (AvgIpc) is 3.43. The van der Waals surface area contributed by atoms with Gasteiger partial charge in [0.25, 0.3) is 6.01 Å². The number of carbonyl (C=O) groups is 1. The maximum atomic E-state index is 13.0. The molecular weight excluding hydrogens is 368 g/mol. The molecule has 5 rings (SSSR count). The van der Waals surface area contributed by atoms with Crippen LogP contribution in [0.5, 0.6) is 0 Å². The number of nitrogens with zero attached hydrogens (tertiary/aromatic N) is 4. The quantitative estimate of drug-likeness (QED) is 0.788. The zero-order chi connectivity index (χ0) is 19.6. The summed E-state index contributed by atoms with van der Waals surface area (Å²) in [4.78, 5) is 24.3. The fourth-order valence-electron chi connectivity index (χ4n) is 4.80. The van der Waals surface area contributed by atoms with E-state index in [2.05, 4.69) is 19.7 Å². The maximum absolute atomic E-state index is 13.0. The van der Waals surface area contributed by atoms with Gasteiger partial charge in [0, 0.05) is 58.3 Å². The molecule has 3 aliphatic rings. The third-order valence-electron chi connectivity index (χ3n) is 6.57. The van der Waals surface area contributed by atoms with E-state index in [-0.39, 0.29) is 5.92 Å². The number of aromatic nitrogens is 1. The second-order valence-electron chi connectivity index (χ2n) is 8.49. The molecule has 3 saturated heterocycles. The van der Waals surface area contributed by atoms with Crippen LogP contribution in [0.2, 0.25) is 0 Å². The number of benzene rings is 1. The van der Waals surface area contributed by atoms with Crippen LogP contribution in [0, 0.1) is 5.92 Å². The van der Waals surface area contributed by atoms with Crippen molar-refractivity contribution in [2.45, 2.75) is 31.8 Å². The van der Waals surface area contributed by atoms with Crippen LogP contribution in [0.1, 0.15) is 25.7 Å². The van der Waals surface area contributed by atoms with E-state index in [1.54, 1.807) is 0 Å². The summed E-state index contributed by atoms with van der Waals surface area (Å²) in [6.07, 6.45) is 4.50. The molecule has 2 aromatic rings. The minimum atomic E-state index is 0.125. The Morgan fingerprint density at radius 1 is 1.03 bits per heavy atom. The lowest BCUT2D eigenvalue weighted by Gasteiger charge is -2.38. The van der Waals surface area contributed by atoms with Crippen molar-refractivity contribution in [2.24, 2.45) is 5.92 Å². The van der Waals surface area contributed by atoms with Gasteiger partial charge in [-0.15, -0.1) is 0 Å². The number of fused-ring (bicyclic) bond motifs is 1. The molecule has 1 amide bonds. The normalized spacial score (nSPS) is 24.5. The maximum Gasteiger partial charge on any atom is 0.298 e. The van der Waals surface area contributed by atoms with E-state index in [0.717, 1.165) is 76.4 Å². The number of carbonyl (C=O) groups excluding carboxylic acids is 1. The Hall–Kier alpha value is -2.12. The van der Waals surface area contributed by atoms with Crippen molar-refractivity contribution in [1.82, 2.24) is 14.8 Å². The van der Waals surface area contributed by atoms with Crippen LogP contribution in [-0.4, -0.2) is 79.2 Å². The van der Waals surface area contributed by atoms with Gasteiger partial charge in [-0.2, -0.15) is 4.98 Å². The first kappa shape index (κ1) is 18.9. The smallest absolute Gasteiger partial charge is 0.298 e. The highest BCUT2D eigenvalue weighted by atomic mass is 16.5. The van der Waals surface area contributed by atoms with Gasteiger partial charge in [0.15, 0.2) is 5.58 Å². The lowest BCUT2D eigenvalue weighted by molar-refractivity contribution is -0.138. The molecule has 1 atom stereocenters. The number of rotatable bonds is 4. The van der Waals surface area contributed by atoms with Gasteiger partial charge in [0.05, 0.1) is 6.10 Å². The van der Waals surface area contributed by atoms with E-state index >= 15 is 0 Å². The molecule has 1 aromatic heterocycles. The zero-order valence-electron chi connectivity index (χ0n) is 17.0. The van der Waals surface area contributed by atoms with Crippen molar-refractivity contribution >= 4 is 23.0 Å². The summed E-state index contributed by atoms with van der Waals surface area (Å²) in [5, 5.41) is 0. The van der Waals surface area contributed by atoms with Crippen molar-refractivity contribution in [3.05, 3.63) is 24.3 Å². The summed E-state index contributed by atoms with van der Waals surface area (Å²) in [5.41, 5.74) is 1.71. The van der Waals surface area contributed by atoms with Crippen LogP contribution >= 0.6 is 0 Å². The molecule has 0 saturated carbocycles. The fraction of sp³-hybridized carbons (Fsp3) is 0.636. The van der Waals surface area contributed by atoms with Crippen LogP contribution in [0.4, 0.5) is 6.01 Å². The lowest BCUT2D eigenvalue weighted by Crippen LogP contribution is -2.52. The number of para-hydroxylation sites is 2. The minimum absolute atomic E-state index is 0.125. The van der Waals surface area contributed by atoms with Crippen LogP contribution in [0.25, 0.3) is 11.1 Å². The Labute approximate surface area is 171 Å². The van der Waals surface area contributed by atoms with Gasteiger partial charge in [-0.1, -0.05) is 12.1 Å². The summed E-state index contributed by atoms with van der Waals surface area (Å²) < 4.78 is 11.6.